The summed E-state index contributed by atoms with van der Waals surface area (Å²) in [5.74, 6) is 0. The van der Waals surface area contributed by atoms with E-state index in [2.05, 4.69) is 6.07 Å². The van der Waals surface area contributed by atoms with Gasteiger partial charge < -0.3 is 10.5 Å². The lowest BCUT2D eigenvalue weighted by molar-refractivity contribution is 0.0152. The number of hydrogen-bond acceptors (Lipinski definition) is 3. The molecule has 16 heavy (non-hydrogen) atoms. The van der Waals surface area contributed by atoms with Gasteiger partial charge in [-0.1, -0.05) is 0 Å². The van der Waals surface area contributed by atoms with Crippen molar-refractivity contribution in [3.8, 4) is 0 Å². The Hall–Kier alpha value is -0.520. The van der Waals surface area contributed by atoms with Crippen LogP contribution in [0, 0.1) is 13.8 Å². The number of nitrogens with two attached hydrogens (primary N) is 1. The fourth-order valence-electron chi connectivity index (χ4n) is 1.56. The molecule has 1 heterocycles. The fraction of sp³-hybridized carbons (Fsp3) is 0.636. The molecule has 92 valence electrons. The van der Waals surface area contributed by atoms with E-state index in [9.17, 15) is 8.78 Å². The van der Waals surface area contributed by atoms with Crippen molar-refractivity contribution < 1.29 is 13.5 Å². The summed E-state index contributed by atoms with van der Waals surface area (Å²) >= 11 is 1.70. The van der Waals surface area contributed by atoms with E-state index < -0.39 is 13.0 Å². The van der Waals surface area contributed by atoms with Crippen LogP contribution in [0.2, 0.25) is 0 Å². The molecule has 2 nitrogen and oxygen atoms in total. The monoisotopic (exact) mass is 249 g/mol. The molecule has 0 radical (unpaired) electrons. The Morgan fingerprint density at radius 1 is 1.44 bits per heavy atom. The van der Waals surface area contributed by atoms with Gasteiger partial charge in [0, 0.05) is 22.4 Å². The molecule has 1 unspecified atom stereocenters. The minimum atomic E-state index is -2.40. The molecule has 1 rings (SSSR count). The van der Waals surface area contributed by atoms with Crippen LogP contribution in [0.1, 0.15) is 27.8 Å². The second-order valence-corrected chi connectivity index (χ2v) is 5.19. The quantitative estimate of drug-likeness (QED) is 0.786. The van der Waals surface area contributed by atoms with Crippen molar-refractivity contribution in [2.24, 2.45) is 5.73 Å². The van der Waals surface area contributed by atoms with Gasteiger partial charge in [-0.25, -0.2) is 8.78 Å². The predicted octanol–water partition coefficient (Wildman–Crippen LogP) is 3.04. The van der Waals surface area contributed by atoms with E-state index in [0.717, 1.165) is 5.56 Å². The first-order chi connectivity index (χ1) is 7.50. The van der Waals surface area contributed by atoms with Crippen LogP contribution in [0.4, 0.5) is 8.78 Å². The van der Waals surface area contributed by atoms with Crippen molar-refractivity contribution in [2.45, 2.75) is 32.7 Å². The predicted molar refractivity (Wildman–Crippen MR) is 62.2 cm³/mol. The number of alkyl halides is 2. The molecule has 0 bridgehead atoms. The molecule has 0 saturated carbocycles. The van der Waals surface area contributed by atoms with Crippen molar-refractivity contribution in [3.63, 3.8) is 0 Å². The Labute approximate surface area is 98.4 Å². The average Bonchev–Trinajstić information content (AvgIpc) is 2.52. The van der Waals surface area contributed by atoms with E-state index in [1.165, 1.54) is 9.75 Å². The van der Waals surface area contributed by atoms with Gasteiger partial charge in [0.1, 0.15) is 6.61 Å². The number of thiophene rings is 1. The molecule has 0 amide bonds. The Morgan fingerprint density at radius 3 is 2.62 bits per heavy atom. The zero-order valence-electron chi connectivity index (χ0n) is 9.50. The van der Waals surface area contributed by atoms with Gasteiger partial charge in [-0.05, 0) is 31.9 Å². The van der Waals surface area contributed by atoms with Gasteiger partial charge in [-0.3, -0.25) is 0 Å². The van der Waals surface area contributed by atoms with Crippen LogP contribution in [-0.4, -0.2) is 19.6 Å². The first-order valence-electron chi connectivity index (χ1n) is 5.19. The molecule has 0 aliphatic rings. The van der Waals surface area contributed by atoms with E-state index in [-0.39, 0.29) is 12.6 Å². The largest absolute Gasteiger partial charge is 0.375 e. The van der Waals surface area contributed by atoms with Crippen LogP contribution in [0.25, 0.3) is 0 Å². The van der Waals surface area contributed by atoms with Crippen LogP contribution >= 0.6 is 11.3 Å². The van der Waals surface area contributed by atoms with Gasteiger partial charge in [0.05, 0.1) is 0 Å². The van der Waals surface area contributed by atoms with Crippen molar-refractivity contribution in [1.29, 1.82) is 0 Å². The maximum atomic E-state index is 11.8. The van der Waals surface area contributed by atoms with E-state index in [1.54, 1.807) is 11.3 Å². The molecule has 0 spiro atoms. The number of halogens is 2. The summed E-state index contributed by atoms with van der Waals surface area (Å²) in [7, 11) is 0. The van der Waals surface area contributed by atoms with E-state index in [4.69, 9.17) is 10.5 Å². The van der Waals surface area contributed by atoms with Crippen molar-refractivity contribution >= 4 is 11.3 Å². The van der Waals surface area contributed by atoms with Crippen LogP contribution in [0.3, 0.4) is 0 Å². The maximum absolute atomic E-state index is 11.8. The fourth-order valence-corrected chi connectivity index (χ4v) is 2.55. The minimum Gasteiger partial charge on any atom is -0.375 e. The number of aryl methyl sites for hydroxylation is 2. The van der Waals surface area contributed by atoms with E-state index in [1.807, 2.05) is 13.8 Å². The second-order valence-electron chi connectivity index (χ2n) is 3.73. The van der Waals surface area contributed by atoms with Gasteiger partial charge >= 0.3 is 0 Å². The highest BCUT2D eigenvalue weighted by Crippen LogP contribution is 2.26. The van der Waals surface area contributed by atoms with E-state index >= 15 is 0 Å². The van der Waals surface area contributed by atoms with E-state index in [0.29, 0.717) is 6.42 Å². The lowest BCUT2D eigenvalue weighted by Gasteiger charge is -2.11. The van der Waals surface area contributed by atoms with Gasteiger partial charge in [0.25, 0.3) is 6.43 Å². The van der Waals surface area contributed by atoms with Crippen molar-refractivity contribution in [3.05, 3.63) is 21.4 Å². The topological polar surface area (TPSA) is 35.2 Å². The molecule has 0 saturated heterocycles. The molecule has 1 aromatic rings. The summed E-state index contributed by atoms with van der Waals surface area (Å²) in [5.41, 5.74) is 7.07. The molecule has 0 aliphatic heterocycles. The Balaban J connectivity index is 2.35. The van der Waals surface area contributed by atoms with Crippen LogP contribution < -0.4 is 5.73 Å². The Bertz CT molecular complexity index is 328. The summed E-state index contributed by atoms with van der Waals surface area (Å²) < 4.78 is 28.4. The zero-order valence-corrected chi connectivity index (χ0v) is 10.3. The number of rotatable bonds is 6. The highest BCUT2D eigenvalue weighted by molar-refractivity contribution is 7.12. The van der Waals surface area contributed by atoms with Gasteiger partial charge in [0.15, 0.2) is 0 Å². The lowest BCUT2D eigenvalue weighted by atomic mass is 10.1. The van der Waals surface area contributed by atoms with Gasteiger partial charge in [0.2, 0.25) is 0 Å². The highest BCUT2D eigenvalue weighted by atomic mass is 32.1. The van der Waals surface area contributed by atoms with Gasteiger partial charge in [-0.2, -0.15) is 0 Å². The molecule has 1 aromatic heterocycles. The van der Waals surface area contributed by atoms with Crippen molar-refractivity contribution in [1.82, 2.24) is 0 Å². The van der Waals surface area contributed by atoms with Crippen LogP contribution in [0.5, 0.6) is 0 Å². The average molecular weight is 249 g/mol. The summed E-state index contributed by atoms with van der Waals surface area (Å²) in [4.78, 5) is 2.41. The Morgan fingerprint density at radius 2 is 2.12 bits per heavy atom. The standard InChI is InChI=1S/C11H17F2NOS/c1-7-5-9(8(2)16-7)10(14)3-4-15-6-11(12)13/h5,10-11H,3-4,6,14H2,1-2H3. The molecular formula is C11H17F2NOS. The molecule has 0 aliphatic carbocycles. The summed E-state index contributed by atoms with van der Waals surface area (Å²) in [6.07, 6.45) is -1.83. The molecule has 5 heteroatoms. The molecule has 2 N–H and O–H groups in total. The summed E-state index contributed by atoms with van der Waals surface area (Å²) in [6, 6.07) is 1.93. The summed E-state index contributed by atoms with van der Waals surface area (Å²) in [5, 5.41) is 0. The minimum absolute atomic E-state index is 0.123. The maximum Gasteiger partial charge on any atom is 0.261 e. The number of ether oxygens (including phenoxy) is 1. The zero-order chi connectivity index (χ0) is 12.1. The summed E-state index contributed by atoms with van der Waals surface area (Å²) in [6.45, 7) is 3.82. The Kier molecular flexibility index (Phi) is 5.31. The van der Waals surface area contributed by atoms with Gasteiger partial charge in [-0.15, -0.1) is 11.3 Å². The second kappa shape index (κ2) is 6.27. The smallest absolute Gasteiger partial charge is 0.261 e. The third-order valence-corrected chi connectivity index (χ3v) is 3.28. The number of hydrogen-bond donors (Lipinski definition) is 1. The lowest BCUT2D eigenvalue weighted by Crippen LogP contribution is -2.15. The van der Waals surface area contributed by atoms with Crippen LogP contribution in [-0.2, 0) is 4.74 Å². The first kappa shape index (κ1) is 13.5. The molecule has 1 atom stereocenters. The molecule has 0 aromatic carbocycles. The normalized spacial score (nSPS) is 13.4. The van der Waals surface area contributed by atoms with Crippen molar-refractivity contribution in [2.75, 3.05) is 13.2 Å². The highest BCUT2D eigenvalue weighted by Gasteiger charge is 2.12. The first-order valence-corrected chi connectivity index (χ1v) is 6.00. The third kappa shape index (κ3) is 4.15. The van der Waals surface area contributed by atoms with Crippen LogP contribution in [0.15, 0.2) is 6.07 Å². The SMILES string of the molecule is Cc1cc(C(N)CCOCC(F)F)c(C)s1. The molecule has 0 fully saturated rings. The molecular weight excluding hydrogens is 232 g/mol. The third-order valence-electron chi connectivity index (χ3n) is 2.30.